The Hall–Kier alpha value is -3.36. The Labute approximate surface area is 183 Å². The maximum Gasteiger partial charge on any atom is 0.416 e. The first-order valence-corrected chi connectivity index (χ1v) is 10.2. The number of amides is 2. The lowest BCUT2D eigenvalue weighted by Crippen LogP contribution is -2.41. The van der Waals surface area contributed by atoms with Gasteiger partial charge in [0.1, 0.15) is 5.75 Å². The van der Waals surface area contributed by atoms with E-state index < -0.39 is 23.6 Å². The van der Waals surface area contributed by atoms with Crippen molar-refractivity contribution in [1.29, 1.82) is 0 Å². The van der Waals surface area contributed by atoms with Crippen LogP contribution in [0.15, 0.2) is 48.5 Å². The molecule has 1 saturated heterocycles. The van der Waals surface area contributed by atoms with Crippen molar-refractivity contribution in [1.82, 2.24) is 10.2 Å². The van der Waals surface area contributed by atoms with Crippen LogP contribution in [0.4, 0.5) is 13.2 Å². The summed E-state index contributed by atoms with van der Waals surface area (Å²) in [7, 11) is 0. The number of esters is 1. The second-order valence-corrected chi connectivity index (χ2v) is 7.64. The van der Waals surface area contributed by atoms with Crippen molar-refractivity contribution in [2.45, 2.75) is 25.9 Å². The number of hydrogen-bond donors (Lipinski definition) is 1. The van der Waals surface area contributed by atoms with Gasteiger partial charge in [0.05, 0.1) is 5.56 Å². The second-order valence-electron chi connectivity index (χ2n) is 7.64. The number of likely N-dealkylation sites (tertiary alicyclic amines) is 1. The fourth-order valence-electron chi connectivity index (χ4n) is 3.53. The summed E-state index contributed by atoms with van der Waals surface area (Å²) < 4.78 is 42.9. The largest absolute Gasteiger partial charge is 0.427 e. The highest BCUT2D eigenvalue weighted by molar-refractivity contribution is 5.95. The van der Waals surface area contributed by atoms with E-state index in [2.05, 4.69) is 5.32 Å². The summed E-state index contributed by atoms with van der Waals surface area (Å²) in [6, 6.07) is 10.5. The molecule has 0 bridgehead atoms. The fourth-order valence-corrected chi connectivity index (χ4v) is 3.53. The van der Waals surface area contributed by atoms with Crippen LogP contribution < -0.4 is 10.1 Å². The van der Waals surface area contributed by atoms with Crippen LogP contribution in [0.1, 0.15) is 46.0 Å². The maximum atomic E-state index is 12.7. The highest BCUT2D eigenvalue weighted by Gasteiger charge is 2.30. The zero-order valence-corrected chi connectivity index (χ0v) is 17.4. The second kappa shape index (κ2) is 9.84. The maximum absolute atomic E-state index is 12.7. The lowest BCUT2D eigenvalue weighted by Gasteiger charge is -2.32. The number of piperidine rings is 1. The molecular formula is C23H23F3N2O4. The van der Waals surface area contributed by atoms with Gasteiger partial charge in [0.25, 0.3) is 11.8 Å². The van der Waals surface area contributed by atoms with Gasteiger partial charge in [-0.1, -0.05) is 6.07 Å². The normalized spacial score (nSPS) is 14.7. The van der Waals surface area contributed by atoms with E-state index in [-0.39, 0.29) is 17.4 Å². The molecule has 2 aromatic rings. The Bertz CT molecular complexity index is 981. The molecule has 1 aliphatic heterocycles. The molecule has 0 aromatic heterocycles. The van der Waals surface area contributed by atoms with E-state index in [1.165, 1.54) is 13.0 Å². The minimum absolute atomic E-state index is 0.157. The standard InChI is InChI=1S/C23H23F3N2O4/c1-15(29)32-20-4-2-3-18(13-20)22(31)28-11-9-16(10-12-28)14-27-21(30)17-5-7-19(8-6-17)23(24,25)26/h2-8,13,16H,9-12,14H2,1H3,(H,27,30). The van der Waals surface area contributed by atoms with Crippen molar-refractivity contribution in [2.75, 3.05) is 19.6 Å². The molecule has 2 amide bonds. The Morgan fingerprint density at radius 2 is 1.69 bits per heavy atom. The summed E-state index contributed by atoms with van der Waals surface area (Å²) in [6.07, 6.45) is -3.08. The van der Waals surface area contributed by atoms with Crippen molar-refractivity contribution < 1.29 is 32.3 Å². The number of hydrogen-bond acceptors (Lipinski definition) is 4. The zero-order valence-electron chi connectivity index (χ0n) is 17.4. The molecule has 2 aromatic carbocycles. The van der Waals surface area contributed by atoms with Crippen molar-refractivity contribution >= 4 is 17.8 Å². The van der Waals surface area contributed by atoms with Gasteiger partial charge >= 0.3 is 12.1 Å². The van der Waals surface area contributed by atoms with E-state index in [0.717, 1.165) is 24.3 Å². The first kappa shape index (κ1) is 23.3. The summed E-state index contributed by atoms with van der Waals surface area (Å²) >= 11 is 0. The number of nitrogens with one attached hydrogen (secondary N) is 1. The third-order valence-electron chi connectivity index (χ3n) is 5.27. The number of alkyl halides is 3. The van der Waals surface area contributed by atoms with Gasteiger partial charge in [0.2, 0.25) is 0 Å². The molecular weight excluding hydrogens is 425 g/mol. The highest BCUT2D eigenvalue weighted by Crippen LogP contribution is 2.29. The molecule has 0 radical (unpaired) electrons. The molecule has 9 heteroatoms. The van der Waals surface area contributed by atoms with E-state index in [1.807, 2.05) is 0 Å². The van der Waals surface area contributed by atoms with E-state index in [4.69, 9.17) is 4.74 Å². The lowest BCUT2D eigenvalue weighted by atomic mass is 9.96. The van der Waals surface area contributed by atoms with E-state index in [0.29, 0.717) is 43.8 Å². The Balaban J connectivity index is 1.48. The summed E-state index contributed by atoms with van der Waals surface area (Å²) in [5.41, 5.74) is -0.208. The molecule has 1 aliphatic rings. The average molecular weight is 448 g/mol. The van der Waals surface area contributed by atoms with Gasteiger partial charge in [-0.05, 0) is 61.2 Å². The van der Waals surface area contributed by atoms with Crippen LogP contribution in [-0.4, -0.2) is 42.3 Å². The molecule has 0 aliphatic carbocycles. The number of carbonyl (C=O) groups excluding carboxylic acids is 3. The topological polar surface area (TPSA) is 75.7 Å². The molecule has 32 heavy (non-hydrogen) atoms. The van der Waals surface area contributed by atoms with E-state index in [9.17, 15) is 27.6 Å². The van der Waals surface area contributed by atoms with Gasteiger partial charge in [0.15, 0.2) is 0 Å². The number of carbonyl (C=O) groups is 3. The summed E-state index contributed by atoms with van der Waals surface area (Å²) in [5.74, 6) is -0.589. The van der Waals surface area contributed by atoms with Crippen LogP contribution in [0, 0.1) is 5.92 Å². The van der Waals surface area contributed by atoms with Crippen LogP contribution >= 0.6 is 0 Å². The predicted octanol–water partition coefficient (Wildman–Crippen LogP) is 3.91. The molecule has 1 heterocycles. The van der Waals surface area contributed by atoms with Gasteiger partial charge in [-0.25, -0.2) is 0 Å². The third kappa shape index (κ3) is 6.09. The van der Waals surface area contributed by atoms with Crippen molar-refractivity contribution in [3.05, 3.63) is 65.2 Å². The number of halogens is 3. The first-order valence-electron chi connectivity index (χ1n) is 10.2. The van der Waals surface area contributed by atoms with Gasteiger partial charge in [0, 0.05) is 37.7 Å². The van der Waals surface area contributed by atoms with Crippen molar-refractivity contribution in [3.8, 4) is 5.75 Å². The number of benzene rings is 2. The Morgan fingerprint density at radius 3 is 2.28 bits per heavy atom. The summed E-state index contributed by atoms with van der Waals surface area (Å²) in [6.45, 7) is 2.69. The third-order valence-corrected chi connectivity index (χ3v) is 5.27. The fraction of sp³-hybridized carbons (Fsp3) is 0.348. The number of rotatable bonds is 5. The van der Waals surface area contributed by atoms with Crippen LogP contribution in [0.5, 0.6) is 5.75 Å². The van der Waals surface area contributed by atoms with Crippen molar-refractivity contribution in [3.63, 3.8) is 0 Å². The molecule has 1 fully saturated rings. The molecule has 1 N–H and O–H groups in total. The summed E-state index contributed by atoms with van der Waals surface area (Å²) in [4.78, 5) is 37.8. The minimum atomic E-state index is -4.44. The molecule has 0 spiro atoms. The lowest BCUT2D eigenvalue weighted by molar-refractivity contribution is -0.137. The molecule has 0 atom stereocenters. The minimum Gasteiger partial charge on any atom is -0.427 e. The molecule has 0 unspecified atom stereocenters. The molecule has 0 saturated carbocycles. The van der Waals surface area contributed by atoms with Crippen LogP contribution in [0.25, 0.3) is 0 Å². The van der Waals surface area contributed by atoms with Crippen LogP contribution in [0.2, 0.25) is 0 Å². The number of ether oxygens (including phenoxy) is 1. The highest BCUT2D eigenvalue weighted by atomic mass is 19.4. The molecule has 6 nitrogen and oxygen atoms in total. The number of nitrogens with zero attached hydrogens (tertiary/aromatic N) is 1. The van der Waals surface area contributed by atoms with Crippen molar-refractivity contribution in [2.24, 2.45) is 5.92 Å². The monoisotopic (exact) mass is 448 g/mol. The SMILES string of the molecule is CC(=O)Oc1cccc(C(=O)N2CCC(CNC(=O)c3ccc(C(F)(F)F)cc3)CC2)c1. The van der Waals surface area contributed by atoms with Crippen LogP contribution in [0.3, 0.4) is 0 Å². The Kier molecular flexibility index (Phi) is 7.17. The van der Waals surface area contributed by atoms with Crippen LogP contribution in [-0.2, 0) is 11.0 Å². The summed E-state index contributed by atoms with van der Waals surface area (Å²) in [5, 5.41) is 2.76. The quantitative estimate of drug-likeness (QED) is 0.556. The molecule has 170 valence electrons. The smallest absolute Gasteiger partial charge is 0.416 e. The Morgan fingerprint density at radius 1 is 1.03 bits per heavy atom. The average Bonchev–Trinajstić information content (AvgIpc) is 2.76. The van der Waals surface area contributed by atoms with Gasteiger partial charge in [-0.15, -0.1) is 0 Å². The molecule has 3 rings (SSSR count). The zero-order chi connectivity index (χ0) is 23.3. The first-order chi connectivity index (χ1) is 15.1. The van der Waals surface area contributed by atoms with Gasteiger partial charge in [-0.2, -0.15) is 13.2 Å². The predicted molar refractivity (Wildman–Crippen MR) is 110 cm³/mol. The van der Waals surface area contributed by atoms with E-state index >= 15 is 0 Å². The van der Waals surface area contributed by atoms with E-state index in [1.54, 1.807) is 23.1 Å². The van der Waals surface area contributed by atoms with Gasteiger partial charge < -0.3 is 15.0 Å². The van der Waals surface area contributed by atoms with Gasteiger partial charge in [-0.3, -0.25) is 14.4 Å².